The average Bonchev–Trinajstić information content (AvgIpc) is 2.89. The zero-order valence-corrected chi connectivity index (χ0v) is 17.5. The first-order valence-corrected chi connectivity index (χ1v) is 9.94. The van der Waals surface area contributed by atoms with Crippen LogP contribution in [0.5, 0.6) is 5.75 Å². The molecule has 2 aliphatic rings. The van der Waals surface area contributed by atoms with Crippen LogP contribution < -0.4 is 4.74 Å². The lowest BCUT2D eigenvalue weighted by atomic mass is 9.66. The Morgan fingerprint density at radius 2 is 1.82 bits per heavy atom. The van der Waals surface area contributed by atoms with Crippen LogP contribution in [-0.2, 0) is 18.8 Å². The van der Waals surface area contributed by atoms with E-state index in [0.717, 1.165) is 5.47 Å². The SMILES string of the molecule is CCOC(=O)C1(COc2ccncc2)CC=C(B2OC(C)(C)C(C)(C)O2)CC1. The predicted octanol–water partition coefficient (Wildman–Crippen LogP) is 3.75. The summed E-state index contributed by atoms with van der Waals surface area (Å²) in [5.41, 5.74) is -0.369. The summed E-state index contributed by atoms with van der Waals surface area (Å²) >= 11 is 0. The number of esters is 1. The Labute approximate surface area is 167 Å². The molecule has 1 unspecified atom stereocenters. The van der Waals surface area contributed by atoms with Gasteiger partial charge in [0.15, 0.2) is 0 Å². The fraction of sp³-hybridized carbons (Fsp3) is 0.619. The third-order valence-corrected chi connectivity index (χ3v) is 6.08. The second-order valence-electron chi connectivity index (χ2n) is 8.54. The molecule has 6 nitrogen and oxygen atoms in total. The first kappa shape index (κ1) is 20.9. The van der Waals surface area contributed by atoms with Gasteiger partial charge in [-0.15, -0.1) is 0 Å². The molecule has 0 amide bonds. The smallest absolute Gasteiger partial charge is 0.490 e. The van der Waals surface area contributed by atoms with Gasteiger partial charge < -0.3 is 18.8 Å². The second-order valence-corrected chi connectivity index (χ2v) is 8.54. The van der Waals surface area contributed by atoms with Crippen molar-refractivity contribution in [3.05, 3.63) is 36.1 Å². The first-order chi connectivity index (χ1) is 13.2. The molecule has 0 radical (unpaired) electrons. The van der Waals surface area contributed by atoms with Gasteiger partial charge in [-0.25, -0.2) is 0 Å². The zero-order valence-electron chi connectivity index (χ0n) is 17.5. The van der Waals surface area contributed by atoms with Gasteiger partial charge in [0.1, 0.15) is 17.8 Å². The van der Waals surface area contributed by atoms with E-state index in [1.165, 1.54) is 0 Å². The number of ether oxygens (including phenoxy) is 2. The maximum atomic E-state index is 12.8. The maximum Gasteiger partial charge on any atom is 0.490 e. The van der Waals surface area contributed by atoms with Crippen molar-refractivity contribution in [3.63, 3.8) is 0 Å². The van der Waals surface area contributed by atoms with Crippen LogP contribution in [0.2, 0.25) is 0 Å². The molecule has 3 rings (SSSR count). The normalized spacial score (nSPS) is 25.9. The van der Waals surface area contributed by atoms with Gasteiger partial charge in [0.25, 0.3) is 0 Å². The number of aromatic nitrogens is 1. The number of allylic oxidation sites excluding steroid dienone is 2. The van der Waals surface area contributed by atoms with Crippen LogP contribution >= 0.6 is 0 Å². The summed E-state index contributed by atoms with van der Waals surface area (Å²) in [4.78, 5) is 16.8. The lowest BCUT2D eigenvalue weighted by Gasteiger charge is -2.34. The van der Waals surface area contributed by atoms with Crippen LogP contribution in [0.1, 0.15) is 53.9 Å². The van der Waals surface area contributed by atoms with Crippen LogP contribution in [0, 0.1) is 5.41 Å². The van der Waals surface area contributed by atoms with Crippen molar-refractivity contribution in [2.45, 2.75) is 65.1 Å². The molecule has 1 aromatic heterocycles. The van der Waals surface area contributed by atoms with Crippen LogP contribution in [0.4, 0.5) is 0 Å². The van der Waals surface area contributed by atoms with Gasteiger partial charge in [0.2, 0.25) is 0 Å². The summed E-state index contributed by atoms with van der Waals surface area (Å²) in [7, 11) is -0.369. The van der Waals surface area contributed by atoms with E-state index in [1.807, 2.05) is 34.6 Å². The molecule has 1 aliphatic heterocycles. The van der Waals surface area contributed by atoms with E-state index >= 15 is 0 Å². The molecule has 0 aromatic carbocycles. The van der Waals surface area contributed by atoms with E-state index in [9.17, 15) is 4.79 Å². The summed E-state index contributed by atoms with van der Waals surface area (Å²) in [5, 5.41) is 0. The van der Waals surface area contributed by atoms with Crippen molar-refractivity contribution in [3.8, 4) is 5.75 Å². The quantitative estimate of drug-likeness (QED) is 0.547. The minimum atomic E-state index is -0.702. The molecule has 2 heterocycles. The van der Waals surface area contributed by atoms with Crippen LogP contribution in [0.15, 0.2) is 36.1 Å². The Kier molecular flexibility index (Phi) is 5.87. The number of hydrogen-bond donors (Lipinski definition) is 0. The van der Waals surface area contributed by atoms with Crippen LogP contribution in [0.25, 0.3) is 0 Å². The van der Waals surface area contributed by atoms with Gasteiger partial charge in [-0.1, -0.05) is 6.08 Å². The van der Waals surface area contributed by atoms with Gasteiger partial charge in [-0.05, 0) is 71.5 Å². The Balaban J connectivity index is 1.74. The Morgan fingerprint density at radius 3 is 2.36 bits per heavy atom. The number of nitrogens with zero attached hydrogens (tertiary/aromatic N) is 1. The Morgan fingerprint density at radius 1 is 1.18 bits per heavy atom. The van der Waals surface area contributed by atoms with E-state index in [4.69, 9.17) is 18.8 Å². The molecule has 152 valence electrons. The van der Waals surface area contributed by atoms with Crippen molar-refractivity contribution >= 4 is 13.1 Å². The lowest BCUT2D eigenvalue weighted by molar-refractivity contribution is -0.158. The average molecular weight is 387 g/mol. The highest BCUT2D eigenvalue weighted by molar-refractivity contribution is 6.54. The van der Waals surface area contributed by atoms with E-state index < -0.39 is 5.41 Å². The minimum absolute atomic E-state index is 0.215. The summed E-state index contributed by atoms with van der Waals surface area (Å²) in [6.45, 7) is 10.6. The maximum absolute atomic E-state index is 12.8. The highest BCUT2D eigenvalue weighted by Crippen LogP contribution is 2.43. The molecule has 0 spiro atoms. The van der Waals surface area contributed by atoms with Crippen molar-refractivity contribution in [1.82, 2.24) is 4.98 Å². The number of rotatable bonds is 6. The molecule has 1 aromatic rings. The van der Waals surface area contributed by atoms with E-state index in [2.05, 4.69) is 11.1 Å². The summed E-state index contributed by atoms with van der Waals surface area (Å²) in [5.74, 6) is 0.479. The predicted molar refractivity (Wildman–Crippen MR) is 107 cm³/mol. The molecule has 1 atom stereocenters. The van der Waals surface area contributed by atoms with Crippen LogP contribution in [0.3, 0.4) is 0 Å². The fourth-order valence-corrected chi connectivity index (χ4v) is 3.44. The number of hydrogen-bond acceptors (Lipinski definition) is 6. The van der Waals surface area contributed by atoms with E-state index in [-0.39, 0.29) is 30.9 Å². The number of carbonyl (C=O) groups excluding carboxylic acids is 1. The van der Waals surface area contributed by atoms with Gasteiger partial charge in [0.05, 0.1) is 17.8 Å². The van der Waals surface area contributed by atoms with Crippen molar-refractivity contribution < 1.29 is 23.6 Å². The number of carbonyl (C=O) groups is 1. The molecular weight excluding hydrogens is 357 g/mol. The standard InChI is InChI=1S/C21H30BNO5/c1-6-25-18(24)21(15-26-17-9-13-23-14-10-17)11-7-16(8-12-21)22-27-19(2,3)20(4,5)28-22/h7,9-10,13-14H,6,8,11-12,15H2,1-5H3. The van der Waals surface area contributed by atoms with Gasteiger partial charge in [-0.2, -0.15) is 0 Å². The van der Waals surface area contributed by atoms with Gasteiger partial charge in [0, 0.05) is 12.4 Å². The monoisotopic (exact) mass is 387 g/mol. The number of pyridine rings is 1. The van der Waals surface area contributed by atoms with Crippen molar-refractivity contribution in [2.75, 3.05) is 13.2 Å². The fourth-order valence-electron chi connectivity index (χ4n) is 3.44. The van der Waals surface area contributed by atoms with E-state index in [1.54, 1.807) is 24.5 Å². The summed E-state index contributed by atoms with van der Waals surface area (Å²) in [6, 6.07) is 3.57. The Bertz CT molecular complexity index is 718. The molecule has 0 bridgehead atoms. The summed E-state index contributed by atoms with van der Waals surface area (Å²) in [6.07, 6.45) is 7.28. The van der Waals surface area contributed by atoms with Crippen LogP contribution in [-0.4, -0.2) is 42.5 Å². The highest BCUT2D eigenvalue weighted by Gasteiger charge is 2.53. The van der Waals surface area contributed by atoms with Crippen molar-refractivity contribution in [1.29, 1.82) is 0 Å². The minimum Gasteiger partial charge on any atom is -0.492 e. The second kappa shape index (κ2) is 7.87. The highest BCUT2D eigenvalue weighted by atomic mass is 16.7. The van der Waals surface area contributed by atoms with E-state index in [0.29, 0.717) is 31.6 Å². The zero-order chi connectivity index (χ0) is 20.4. The first-order valence-electron chi connectivity index (χ1n) is 9.94. The largest absolute Gasteiger partial charge is 0.492 e. The molecular formula is C21H30BNO5. The van der Waals surface area contributed by atoms with Crippen molar-refractivity contribution in [2.24, 2.45) is 5.41 Å². The molecule has 1 saturated heterocycles. The third-order valence-electron chi connectivity index (χ3n) is 6.08. The molecule has 0 N–H and O–H groups in total. The lowest BCUT2D eigenvalue weighted by Crippen LogP contribution is -2.41. The van der Waals surface area contributed by atoms with Gasteiger partial charge in [-0.3, -0.25) is 9.78 Å². The molecule has 0 saturated carbocycles. The molecule has 1 fully saturated rings. The summed E-state index contributed by atoms with van der Waals surface area (Å²) < 4.78 is 23.6. The molecule has 7 heteroatoms. The molecule has 28 heavy (non-hydrogen) atoms. The molecule has 1 aliphatic carbocycles. The third kappa shape index (κ3) is 4.10. The van der Waals surface area contributed by atoms with Gasteiger partial charge >= 0.3 is 13.1 Å². The Hall–Kier alpha value is -1.86. The topological polar surface area (TPSA) is 66.9 Å².